The second-order valence-electron chi connectivity index (χ2n) is 3.65. The Balaban J connectivity index is 2.34. The molecule has 0 aliphatic rings. The van der Waals surface area contributed by atoms with Gasteiger partial charge in [-0.05, 0) is 35.4 Å². The number of phenolic OH excluding ortho intramolecular Hbond substituents is 1. The van der Waals surface area contributed by atoms with Gasteiger partial charge in [-0.25, -0.2) is 4.39 Å². The van der Waals surface area contributed by atoms with E-state index >= 15 is 0 Å². The van der Waals surface area contributed by atoms with Crippen LogP contribution < -0.4 is 5.73 Å². The minimum absolute atomic E-state index is 0.200. The Kier molecular flexibility index (Phi) is 2.77. The van der Waals surface area contributed by atoms with Gasteiger partial charge in [0.05, 0.1) is 0 Å². The van der Waals surface area contributed by atoms with Crippen LogP contribution in [0.25, 0.3) is 0 Å². The van der Waals surface area contributed by atoms with Crippen molar-refractivity contribution in [3.8, 4) is 5.75 Å². The molecule has 0 amide bonds. The zero-order valence-electron chi connectivity index (χ0n) is 8.65. The quantitative estimate of drug-likeness (QED) is 0.760. The molecule has 0 unspecified atom stereocenters. The van der Waals surface area contributed by atoms with Crippen molar-refractivity contribution < 1.29 is 9.50 Å². The summed E-state index contributed by atoms with van der Waals surface area (Å²) in [7, 11) is 0. The Bertz CT molecular complexity index is 511. The molecule has 0 saturated carbocycles. The molecule has 0 spiro atoms. The highest BCUT2D eigenvalue weighted by molar-refractivity contribution is 5.50. The van der Waals surface area contributed by atoms with Crippen molar-refractivity contribution >= 4 is 5.69 Å². The van der Waals surface area contributed by atoms with Crippen LogP contribution in [0, 0.1) is 5.82 Å². The normalized spacial score (nSPS) is 10.3. The number of halogens is 1. The summed E-state index contributed by atoms with van der Waals surface area (Å²) in [5, 5.41) is 9.60. The molecule has 0 radical (unpaired) electrons. The molecule has 0 saturated heterocycles. The Morgan fingerprint density at radius 1 is 1.06 bits per heavy atom. The number of anilines is 1. The van der Waals surface area contributed by atoms with E-state index in [4.69, 9.17) is 5.73 Å². The summed E-state index contributed by atoms with van der Waals surface area (Å²) in [5.74, 6) is -0.120. The highest BCUT2D eigenvalue weighted by atomic mass is 19.1. The molecule has 0 aliphatic heterocycles. The van der Waals surface area contributed by atoms with Gasteiger partial charge in [-0.2, -0.15) is 0 Å². The molecule has 0 aromatic heterocycles. The fourth-order valence-corrected chi connectivity index (χ4v) is 1.59. The van der Waals surface area contributed by atoms with Crippen molar-refractivity contribution in [1.29, 1.82) is 0 Å². The first-order valence-electron chi connectivity index (χ1n) is 4.97. The lowest BCUT2D eigenvalue weighted by Gasteiger charge is -2.07. The van der Waals surface area contributed by atoms with Crippen LogP contribution in [0.5, 0.6) is 5.75 Å². The van der Waals surface area contributed by atoms with Gasteiger partial charge < -0.3 is 10.8 Å². The zero-order chi connectivity index (χ0) is 11.5. The number of aromatic hydroxyl groups is 1. The van der Waals surface area contributed by atoms with Gasteiger partial charge in [0.2, 0.25) is 0 Å². The summed E-state index contributed by atoms with van der Waals surface area (Å²) in [4.78, 5) is 0. The Labute approximate surface area is 93.2 Å². The van der Waals surface area contributed by atoms with E-state index in [-0.39, 0.29) is 11.6 Å². The zero-order valence-corrected chi connectivity index (χ0v) is 8.65. The predicted molar refractivity (Wildman–Crippen MR) is 61.7 cm³/mol. The van der Waals surface area contributed by atoms with Crippen molar-refractivity contribution in [1.82, 2.24) is 0 Å². The minimum atomic E-state index is -0.320. The third kappa shape index (κ3) is 2.14. The lowest BCUT2D eigenvalue weighted by Crippen LogP contribution is -1.96. The van der Waals surface area contributed by atoms with Gasteiger partial charge in [-0.3, -0.25) is 0 Å². The van der Waals surface area contributed by atoms with Crippen molar-refractivity contribution in [2.24, 2.45) is 0 Å². The standard InChI is InChI=1S/C13H12FNO/c14-11-5-6-12(15)10(8-11)7-9-3-1-2-4-13(9)16/h1-6,8,16H,7,15H2. The monoisotopic (exact) mass is 217 g/mol. The summed E-state index contributed by atoms with van der Waals surface area (Å²) < 4.78 is 13.0. The van der Waals surface area contributed by atoms with Crippen LogP contribution in [-0.4, -0.2) is 5.11 Å². The molecule has 2 aromatic carbocycles. The molecule has 0 aliphatic carbocycles. The fourth-order valence-electron chi connectivity index (χ4n) is 1.59. The lowest BCUT2D eigenvalue weighted by atomic mass is 10.0. The maximum Gasteiger partial charge on any atom is 0.123 e. The molecule has 2 aromatic rings. The maximum atomic E-state index is 13.0. The van der Waals surface area contributed by atoms with Gasteiger partial charge in [0.15, 0.2) is 0 Å². The van der Waals surface area contributed by atoms with E-state index in [0.29, 0.717) is 17.7 Å². The smallest absolute Gasteiger partial charge is 0.123 e. The van der Waals surface area contributed by atoms with E-state index in [1.54, 1.807) is 18.2 Å². The molecule has 3 heteroatoms. The summed E-state index contributed by atoms with van der Waals surface area (Å²) >= 11 is 0. The molecule has 16 heavy (non-hydrogen) atoms. The van der Waals surface area contributed by atoms with Crippen LogP contribution in [0.2, 0.25) is 0 Å². The van der Waals surface area contributed by atoms with Crippen molar-refractivity contribution in [3.05, 3.63) is 59.4 Å². The second kappa shape index (κ2) is 4.23. The number of phenols is 1. The van der Waals surface area contributed by atoms with Crippen molar-refractivity contribution in [2.75, 3.05) is 5.73 Å². The van der Waals surface area contributed by atoms with E-state index in [0.717, 1.165) is 5.56 Å². The van der Waals surface area contributed by atoms with E-state index in [1.165, 1.54) is 18.2 Å². The van der Waals surface area contributed by atoms with Gasteiger partial charge >= 0.3 is 0 Å². The number of hydrogen-bond acceptors (Lipinski definition) is 2. The molecule has 0 atom stereocenters. The molecule has 2 rings (SSSR count). The van der Waals surface area contributed by atoms with Gasteiger partial charge in [0, 0.05) is 12.1 Å². The Morgan fingerprint density at radius 3 is 2.56 bits per heavy atom. The van der Waals surface area contributed by atoms with E-state index < -0.39 is 0 Å². The predicted octanol–water partition coefficient (Wildman–Crippen LogP) is 2.70. The summed E-state index contributed by atoms with van der Waals surface area (Å²) in [5.41, 5.74) is 7.69. The van der Waals surface area contributed by atoms with Crippen LogP contribution in [0.3, 0.4) is 0 Å². The van der Waals surface area contributed by atoms with Crippen LogP contribution in [0.4, 0.5) is 10.1 Å². The highest BCUT2D eigenvalue weighted by Gasteiger charge is 2.05. The van der Waals surface area contributed by atoms with Gasteiger partial charge in [-0.1, -0.05) is 18.2 Å². The van der Waals surface area contributed by atoms with Crippen LogP contribution in [0.15, 0.2) is 42.5 Å². The van der Waals surface area contributed by atoms with Gasteiger partial charge in [0.25, 0.3) is 0 Å². The molecular formula is C13H12FNO. The Hall–Kier alpha value is -2.03. The molecule has 0 heterocycles. The molecule has 3 N–H and O–H groups in total. The van der Waals surface area contributed by atoms with Crippen LogP contribution in [-0.2, 0) is 6.42 Å². The van der Waals surface area contributed by atoms with Gasteiger partial charge in [-0.15, -0.1) is 0 Å². The summed E-state index contributed by atoms with van der Waals surface area (Å²) in [6, 6.07) is 11.2. The van der Waals surface area contributed by atoms with Crippen molar-refractivity contribution in [3.63, 3.8) is 0 Å². The first-order valence-corrected chi connectivity index (χ1v) is 4.97. The highest BCUT2D eigenvalue weighted by Crippen LogP contribution is 2.23. The third-order valence-corrected chi connectivity index (χ3v) is 2.48. The minimum Gasteiger partial charge on any atom is -0.508 e. The summed E-state index contributed by atoms with van der Waals surface area (Å²) in [6.07, 6.45) is 0.427. The largest absolute Gasteiger partial charge is 0.508 e. The second-order valence-corrected chi connectivity index (χ2v) is 3.65. The lowest BCUT2D eigenvalue weighted by molar-refractivity contribution is 0.469. The first kappa shape index (κ1) is 10.5. The average Bonchev–Trinajstić information content (AvgIpc) is 2.27. The summed E-state index contributed by atoms with van der Waals surface area (Å²) in [6.45, 7) is 0. The molecule has 0 fully saturated rings. The average molecular weight is 217 g/mol. The number of nitrogens with two attached hydrogens (primary N) is 1. The maximum absolute atomic E-state index is 13.0. The number of nitrogen functional groups attached to an aromatic ring is 1. The Morgan fingerprint density at radius 2 is 1.81 bits per heavy atom. The third-order valence-electron chi connectivity index (χ3n) is 2.48. The van der Waals surface area contributed by atoms with Gasteiger partial charge in [0.1, 0.15) is 11.6 Å². The molecular weight excluding hydrogens is 205 g/mol. The number of para-hydroxylation sites is 1. The SMILES string of the molecule is Nc1ccc(F)cc1Cc1ccccc1O. The van der Waals surface area contributed by atoms with Crippen LogP contribution in [0.1, 0.15) is 11.1 Å². The number of rotatable bonds is 2. The fraction of sp³-hybridized carbons (Fsp3) is 0.0769. The van der Waals surface area contributed by atoms with Crippen molar-refractivity contribution in [2.45, 2.75) is 6.42 Å². The number of hydrogen-bond donors (Lipinski definition) is 2. The van der Waals surface area contributed by atoms with E-state index in [2.05, 4.69) is 0 Å². The molecule has 82 valence electrons. The topological polar surface area (TPSA) is 46.2 Å². The molecule has 2 nitrogen and oxygen atoms in total. The van der Waals surface area contributed by atoms with Crippen LogP contribution >= 0.6 is 0 Å². The number of benzene rings is 2. The first-order chi connectivity index (χ1) is 7.66. The van der Waals surface area contributed by atoms with E-state index in [9.17, 15) is 9.50 Å². The van der Waals surface area contributed by atoms with E-state index in [1.807, 2.05) is 6.07 Å². The molecule has 0 bridgehead atoms.